The van der Waals surface area contributed by atoms with E-state index in [2.05, 4.69) is 5.32 Å². The van der Waals surface area contributed by atoms with Gasteiger partial charge < -0.3 is 10.1 Å². The molecule has 1 amide bonds. The molecule has 0 fully saturated rings. The van der Waals surface area contributed by atoms with Crippen molar-refractivity contribution in [3.63, 3.8) is 0 Å². The molecule has 1 atom stereocenters. The summed E-state index contributed by atoms with van der Waals surface area (Å²) >= 11 is 6.16. The first-order valence-electron chi connectivity index (χ1n) is 8.79. The van der Waals surface area contributed by atoms with E-state index in [4.69, 9.17) is 16.3 Å². The molecule has 0 saturated heterocycles. The fraction of sp³-hybridized carbons (Fsp3) is 0.286. The Morgan fingerprint density at radius 3 is 2.41 bits per heavy atom. The van der Waals surface area contributed by atoms with Gasteiger partial charge in [0.1, 0.15) is 0 Å². The first-order chi connectivity index (χ1) is 12.9. The van der Waals surface area contributed by atoms with Crippen LogP contribution in [0.5, 0.6) is 0 Å². The molecule has 1 aliphatic carbocycles. The Hall–Kier alpha value is -2.66. The number of hydrogen-bond donors (Lipinski definition) is 1. The van der Waals surface area contributed by atoms with Crippen molar-refractivity contribution in [1.82, 2.24) is 0 Å². The summed E-state index contributed by atoms with van der Waals surface area (Å²) in [6.45, 7) is 3.55. The number of fused-ring (bicyclic) bond motifs is 1. The number of ketones is 1. The Kier molecular flexibility index (Phi) is 5.61. The van der Waals surface area contributed by atoms with Gasteiger partial charge in [0.15, 0.2) is 5.78 Å². The summed E-state index contributed by atoms with van der Waals surface area (Å²) in [4.78, 5) is 35.9. The van der Waals surface area contributed by atoms with Crippen LogP contribution >= 0.6 is 11.6 Å². The SMILES string of the molecule is CCOC(=O)C1Cc2ccc(C(=O)c3ccc(NC(C)=O)c(Cl)c3)cc2C1. The van der Waals surface area contributed by atoms with E-state index in [0.717, 1.165) is 11.1 Å². The zero-order valence-electron chi connectivity index (χ0n) is 15.2. The van der Waals surface area contributed by atoms with Crippen LogP contribution in [-0.4, -0.2) is 24.3 Å². The van der Waals surface area contributed by atoms with E-state index < -0.39 is 0 Å². The molecule has 0 spiro atoms. The number of hydrogen-bond acceptors (Lipinski definition) is 4. The third-order valence-corrected chi connectivity index (χ3v) is 4.88. The molecule has 0 aromatic heterocycles. The third kappa shape index (κ3) is 4.19. The predicted octanol–water partition coefficient (Wildman–Crippen LogP) is 3.81. The standard InChI is InChI=1S/C21H20ClNO4/c1-3-27-21(26)17-8-13-4-5-14(9-16(13)10-17)20(25)15-6-7-19(18(22)11-15)23-12(2)24/h4-7,9,11,17H,3,8,10H2,1-2H3,(H,23,24). The van der Waals surface area contributed by atoms with Crippen molar-refractivity contribution < 1.29 is 19.1 Å². The van der Waals surface area contributed by atoms with E-state index in [9.17, 15) is 14.4 Å². The summed E-state index contributed by atoms with van der Waals surface area (Å²) in [6, 6.07) is 10.3. The number of amides is 1. The molecule has 0 heterocycles. The van der Waals surface area contributed by atoms with Gasteiger partial charge in [-0.15, -0.1) is 0 Å². The molecule has 1 N–H and O–H groups in total. The Labute approximate surface area is 162 Å². The highest BCUT2D eigenvalue weighted by atomic mass is 35.5. The zero-order valence-corrected chi connectivity index (χ0v) is 15.9. The maximum Gasteiger partial charge on any atom is 0.309 e. The Balaban J connectivity index is 1.80. The molecule has 140 valence electrons. The molecular formula is C21H20ClNO4. The topological polar surface area (TPSA) is 72.5 Å². The van der Waals surface area contributed by atoms with Crippen molar-refractivity contribution in [2.75, 3.05) is 11.9 Å². The van der Waals surface area contributed by atoms with Crippen LogP contribution in [0.4, 0.5) is 5.69 Å². The number of ether oxygens (including phenoxy) is 1. The maximum absolute atomic E-state index is 12.8. The summed E-state index contributed by atoms with van der Waals surface area (Å²) in [5.41, 5.74) is 3.52. The van der Waals surface area contributed by atoms with Crippen molar-refractivity contribution in [2.24, 2.45) is 5.92 Å². The van der Waals surface area contributed by atoms with Gasteiger partial charge in [-0.05, 0) is 55.2 Å². The minimum atomic E-state index is -0.231. The first-order valence-corrected chi connectivity index (χ1v) is 9.17. The summed E-state index contributed by atoms with van der Waals surface area (Å²) in [5.74, 6) is -0.766. The second-order valence-electron chi connectivity index (χ2n) is 6.55. The van der Waals surface area contributed by atoms with Crippen LogP contribution in [0.2, 0.25) is 5.02 Å². The number of benzene rings is 2. The van der Waals surface area contributed by atoms with Gasteiger partial charge in [0.05, 0.1) is 23.2 Å². The van der Waals surface area contributed by atoms with Gasteiger partial charge in [0.2, 0.25) is 5.91 Å². The normalized spacial score (nSPS) is 15.1. The summed E-state index contributed by atoms with van der Waals surface area (Å²) in [7, 11) is 0. The van der Waals surface area contributed by atoms with Crippen molar-refractivity contribution in [3.05, 3.63) is 63.7 Å². The van der Waals surface area contributed by atoms with E-state index in [1.807, 2.05) is 12.1 Å². The lowest BCUT2D eigenvalue weighted by molar-refractivity contribution is -0.147. The molecule has 1 unspecified atom stereocenters. The summed E-state index contributed by atoms with van der Waals surface area (Å²) < 4.78 is 5.11. The molecule has 27 heavy (non-hydrogen) atoms. The molecule has 2 aromatic rings. The molecule has 6 heteroatoms. The molecule has 2 aromatic carbocycles. The van der Waals surface area contributed by atoms with Crippen molar-refractivity contribution in [2.45, 2.75) is 26.7 Å². The predicted molar refractivity (Wildman–Crippen MR) is 103 cm³/mol. The minimum Gasteiger partial charge on any atom is -0.466 e. The van der Waals surface area contributed by atoms with E-state index in [1.54, 1.807) is 31.2 Å². The Morgan fingerprint density at radius 2 is 1.74 bits per heavy atom. The smallest absolute Gasteiger partial charge is 0.309 e. The summed E-state index contributed by atoms with van der Waals surface area (Å²) in [6.07, 6.45) is 1.22. The van der Waals surface area contributed by atoms with Crippen molar-refractivity contribution >= 4 is 34.9 Å². The lowest BCUT2D eigenvalue weighted by Crippen LogP contribution is -2.17. The van der Waals surface area contributed by atoms with Crippen molar-refractivity contribution in [3.8, 4) is 0 Å². The molecule has 1 aliphatic rings. The monoisotopic (exact) mass is 385 g/mol. The number of carbonyl (C=O) groups is 3. The zero-order chi connectivity index (χ0) is 19.6. The highest BCUT2D eigenvalue weighted by Crippen LogP contribution is 2.30. The van der Waals surface area contributed by atoms with Gasteiger partial charge in [0, 0.05) is 18.1 Å². The fourth-order valence-electron chi connectivity index (χ4n) is 3.30. The molecule has 0 radical (unpaired) electrons. The summed E-state index contributed by atoms with van der Waals surface area (Å²) in [5, 5.41) is 2.92. The van der Waals surface area contributed by atoms with Gasteiger partial charge in [-0.25, -0.2) is 0 Å². The van der Waals surface area contributed by atoms with E-state index in [1.165, 1.54) is 6.92 Å². The van der Waals surface area contributed by atoms with Gasteiger partial charge in [-0.3, -0.25) is 14.4 Å². The fourth-order valence-corrected chi connectivity index (χ4v) is 3.53. The number of esters is 1. The van der Waals surface area contributed by atoms with Crippen LogP contribution in [0.1, 0.15) is 40.9 Å². The van der Waals surface area contributed by atoms with E-state index in [0.29, 0.717) is 41.3 Å². The van der Waals surface area contributed by atoms with Crippen LogP contribution < -0.4 is 5.32 Å². The second-order valence-corrected chi connectivity index (χ2v) is 6.95. The molecular weight excluding hydrogens is 366 g/mol. The molecule has 5 nitrogen and oxygen atoms in total. The number of anilines is 1. The number of carbonyl (C=O) groups excluding carboxylic acids is 3. The van der Waals surface area contributed by atoms with Crippen LogP contribution in [0.25, 0.3) is 0 Å². The average molecular weight is 386 g/mol. The minimum absolute atomic E-state index is 0.159. The average Bonchev–Trinajstić information content (AvgIpc) is 3.06. The lowest BCUT2D eigenvalue weighted by Gasteiger charge is -2.08. The Morgan fingerprint density at radius 1 is 1.07 bits per heavy atom. The van der Waals surface area contributed by atoms with Gasteiger partial charge in [0.25, 0.3) is 0 Å². The van der Waals surface area contributed by atoms with Crippen molar-refractivity contribution in [1.29, 1.82) is 0 Å². The molecule has 0 saturated carbocycles. The molecule has 0 aliphatic heterocycles. The number of nitrogens with one attached hydrogen (secondary N) is 1. The van der Waals surface area contributed by atoms with Crippen LogP contribution in [0.15, 0.2) is 36.4 Å². The van der Waals surface area contributed by atoms with E-state index >= 15 is 0 Å². The molecule has 3 rings (SSSR count). The molecule has 0 bridgehead atoms. The van der Waals surface area contributed by atoms with Gasteiger partial charge in [-0.1, -0.05) is 23.7 Å². The van der Waals surface area contributed by atoms with E-state index in [-0.39, 0.29) is 23.6 Å². The lowest BCUT2D eigenvalue weighted by atomic mass is 9.99. The quantitative estimate of drug-likeness (QED) is 0.627. The first kappa shape index (κ1) is 19.1. The highest BCUT2D eigenvalue weighted by Gasteiger charge is 2.29. The van der Waals surface area contributed by atoms with Crippen LogP contribution in [0.3, 0.4) is 0 Å². The second kappa shape index (κ2) is 7.92. The van der Waals surface area contributed by atoms with Gasteiger partial charge >= 0.3 is 5.97 Å². The largest absolute Gasteiger partial charge is 0.466 e. The van der Waals surface area contributed by atoms with Crippen LogP contribution in [0, 0.1) is 5.92 Å². The highest BCUT2D eigenvalue weighted by molar-refractivity contribution is 6.34. The Bertz CT molecular complexity index is 922. The maximum atomic E-state index is 12.8. The number of rotatable bonds is 5. The third-order valence-electron chi connectivity index (χ3n) is 4.56. The van der Waals surface area contributed by atoms with Gasteiger partial charge in [-0.2, -0.15) is 0 Å². The van der Waals surface area contributed by atoms with Crippen LogP contribution in [-0.2, 0) is 27.2 Å². The number of halogens is 1.